The Labute approximate surface area is 130 Å². The predicted molar refractivity (Wildman–Crippen MR) is 82.7 cm³/mol. The summed E-state index contributed by atoms with van der Waals surface area (Å²) in [6.07, 6.45) is 0.915. The second-order valence-electron chi connectivity index (χ2n) is 5.12. The van der Waals surface area contributed by atoms with Gasteiger partial charge in [-0.05, 0) is 12.8 Å². The molecule has 120 valence electrons. The molecule has 2 heterocycles. The number of nitrogens with zero attached hydrogens (tertiary/aromatic N) is 2. The largest absolute Gasteiger partial charge is 0.414 e. The van der Waals surface area contributed by atoms with E-state index in [-0.39, 0.29) is 12.0 Å². The van der Waals surface area contributed by atoms with Gasteiger partial charge in [-0.1, -0.05) is 32.0 Å². The summed E-state index contributed by atoms with van der Waals surface area (Å²) in [5, 5.41) is 8.22. The quantitative estimate of drug-likeness (QED) is 0.677. The summed E-state index contributed by atoms with van der Waals surface area (Å²) in [7, 11) is 0. The van der Waals surface area contributed by atoms with Crippen molar-refractivity contribution in [2.75, 3.05) is 0 Å². The molecule has 0 saturated heterocycles. The van der Waals surface area contributed by atoms with Crippen LogP contribution in [0, 0.1) is 12.8 Å². The third-order valence-corrected chi connectivity index (χ3v) is 4.40. The Hall–Kier alpha value is -1.87. The van der Waals surface area contributed by atoms with Crippen LogP contribution in [0.5, 0.6) is 0 Å². The Bertz CT molecular complexity index is 751. The van der Waals surface area contributed by atoms with Crippen molar-refractivity contribution in [1.29, 1.82) is 0 Å². The highest BCUT2D eigenvalue weighted by Crippen LogP contribution is 2.25. The first kappa shape index (κ1) is 16.5. The molecule has 0 aliphatic rings. The Morgan fingerprint density at radius 1 is 1.32 bits per heavy atom. The zero-order valence-corrected chi connectivity index (χ0v) is 13.5. The molecule has 2 aromatic rings. The van der Waals surface area contributed by atoms with Crippen molar-refractivity contribution in [1.82, 2.24) is 20.2 Å². The van der Waals surface area contributed by atoms with Gasteiger partial charge in [0.2, 0.25) is 5.89 Å². The van der Waals surface area contributed by atoms with E-state index in [1.165, 1.54) is 11.8 Å². The van der Waals surface area contributed by atoms with Gasteiger partial charge in [-0.25, -0.2) is 4.79 Å². The lowest BCUT2D eigenvalue weighted by atomic mass is 10.0. The van der Waals surface area contributed by atoms with E-state index in [1.54, 1.807) is 6.92 Å². The number of aromatic nitrogens is 4. The highest BCUT2D eigenvalue weighted by molar-refractivity contribution is 7.98. The maximum absolute atomic E-state index is 11.7. The molecule has 2 rings (SSSR count). The lowest BCUT2D eigenvalue weighted by Crippen LogP contribution is -2.26. The molecule has 0 aliphatic carbocycles. The second-order valence-corrected chi connectivity index (χ2v) is 6.04. The molecule has 0 aromatic carbocycles. The number of rotatable bonds is 6. The number of hydrogen-bond donors (Lipinski definition) is 3. The molecule has 0 radical (unpaired) electrons. The Morgan fingerprint density at radius 3 is 2.68 bits per heavy atom. The second kappa shape index (κ2) is 6.93. The summed E-state index contributed by atoms with van der Waals surface area (Å²) in [6, 6.07) is -0.301. The van der Waals surface area contributed by atoms with Crippen LogP contribution in [0.1, 0.15) is 43.5 Å². The minimum absolute atomic E-state index is 0.239. The molecular weight excluding hydrogens is 306 g/mol. The van der Waals surface area contributed by atoms with Crippen LogP contribution in [0.3, 0.4) is 0 Å². The lowest BCUT2D eigenvalue weighted by Gasteiger charge is -2.13. The van der Waals surface area contributed by atoms with E-state index in [2.05, 4.69) is 20.2 Å². The van der Waals surface area contributed by atoms with Gasteiger partial charge in [0.15, 0.2) is 0 Å². The summed E-state index contributed by atoms with van der Waals surface area (Å²) in [4.78, 5) is 27.6. The number of nitrogens with one attached hydrogen (secondary N) is 2. The van der Waals surface area contributed by atoms with Gasteiger partial charge >= 0.3 is 5.69 Å². The van der Waals surface area contributed by atoms with Crippen molar-refractivity contribution in [2.45, 2.75) is 44.2 Å². The summed E-state index contributed by atoms with van der Waals surface area (Å²) in [6.45, 7) is 5.73. The van der Waals surface area contributed by atoms with Crippen LogP contribution in [-0.4, -0.2) is 20.2 Å². The maximum Gasteiger partial charge on any atom is 0.325 e. The first-order chi connectivity index (χ1) is 10.4. The Balaban J connectivity index is 2.09. The van der Waals surface area contributed by atoms with E-state index >= 15 is 0 Å². The third-order valence-electron chi connectivity index (χ3n) is 3.56. The number of nitrogens with two attached hydrogens (primary N) is 1. The van der Waals surface area contributed by atoms with Crippen molar-refractivity contribution in [3.05, 3.63) is 38.0 Å². The molecule has 22 heavy (non-hydrogen) atoms. The molecule has 0 spiro atoms. The zero-order valence-electron chi connectivity index (χ0n) is 12.7. The van der Waals surface area contributed by atoms with Crippen LogP contribution in [-0.2, 0) is 5.75 Å². The van der Waals surface area contributed by atoms with E-state index < -0.39 is 11.2 Å². The predicted octanol–water partition coefficient (Wildman–Crippen LogP) is 1.09. The summed E-state index contributed by atoms with van der Waals surface area (Å²) < 4.78 is 5.53. The summed E-state index contributed by atoms with van der Waals surface area (Å²) >= 11 is 1.23. The average molecular weight is 325 g/mol. The molecule has 2 aromatic heterocycles. The van der Waals surface area contributed by atoms with Crippen LogP contribution in [0.15, 0.2) is 19.2 Å². The van der Waals surface area contributed by atoms with E-state index in [0.29, 0.717) is 28.1 Å². The monoisotopic (exact) mass is 325 g/mol. The normalized spacial score (nSPS) is 14.0. The van der Waals surface area contributed by atoms with E-state index in [0.717, 1.165) is 6.42 Å². The zero-order chi connectivity index (χ0) is 16.3. The molecule has 8 nitrogen and oxygen atoms in total. The topological polar surface area (TPSA) is 131 Å². The minimum Gasteiger partial charge on any atom is -0.414 e. The fraction of sp³-hybridized carbons (Fsp3) is 0.538. The molecule has 0 aliphatic heterocycles. The lowest BCUT2D eigenvalue weighted by molar-refractivity contribution is 0.333. The van der Waals surface area contributed by atoms with Gasteiger partial charge in [-0.3, -0.25) is 9.78 Å². The number of aromatic amines is 2. The summed E-state index contributed by atoms with van der Waals surface area (Å²) in [5.74, 6) is 0.949. The van der Waals surface area contributed by atoms with Gasteiger partial charge in [-0.2, -0.15) is 0 Å². The SMILES string of the molecule is CCC(C)[C@H](N)c1nnc(SCc2c(C)[nH]c(=O)[nH]c2=O)o1. The number of thioether (sulfide) groups is 1. The van der Waals surface area contributed by atoms with Crippen LogP contribution in [0.2, 0.25) is 0 Å². The molecule has 4 N–H and O–H groups in total. The highest BCUT2D eigenvalue weighted by atomic mass is 32.2. The van der Waals surface area contributed by atoms with Crippen LogP contribution >= 0.6 is 11.8 Å². The fourth-order valence-electron chi connectivity index (χ4n) is 1.84. The van der Waals surface area contributed by atoms with Gasteiger partial charge in [0.05, 0.1) is 6.04 Å². The summed E-state index contributed by atoms with van der Waals surface area (Å²) in [5.41, 5.74) is 6.10. The average Bonchev–Trinajstić information content (AvgIpc) is 2.93. The van der Waals surface area contributed by atoms with Crippen LogP contribution in [0.25, 0.3) is 0 Å². The van der Waals surface area contributed by atoms with Crippen molar-refractivity contribution < 1.29 is 4.42 Å². The van der Waals surface area contributed by atoms with E-state index in [4.69, 9.17) is 10.2 Å². The third kappa shape index (κ3) is 3.66. The smallest absolute Gasteiger partial charge is 0.325 e. The number of H-pyrrole nitrogens is 2. The first-order valence-electron chi connectivity index (χ1n) is 6.96. The fourth-order valence-corrected chi connectivity index (χ4v) is 2.70. The Kier molecular flexibility index (Phi) is 5.19. The van der Waals surface area contributed by atoms with Gasteiger partial charge in [0.25, 0.3) is 10.8 Å². The van der Waals surface area contributed by atoms with Gasteiger partial charge < -0.3 is 15.1 Å². The van der Waals surface area contributed by atoms with Gasteiger partial charge in [-0.15, -0.1) is 10.2 Å². The van der Waals surface area contributed by atoms with Gasteiger partial charge in [0.1, 0.15) is 0 Å². The molecule has 9 heteroatoms. The molecular formula is C13H19N5O3S. The van der Waals surface area contributed by atoms with Crippen molar-refractivity contribution >= 4 is 11.8 Å². The molecule has 0 bridgehead atoms. The first-order valence-corrected chi connectivity index (χ1v) is 7.94. The molecule has 0 amide bonds. The standard InChI is InChI=1S/C13H19N5O3S/c1-4-6(2)9(14)11-17-18-13(21-11)22-5-8-7(3)15-12(20)16-10(8)19/h6,9H,4-5,14H2,1-3H3,(H2,15,16,19,20)/t6?,9-/m0/s1. The maximum atomic E-state index is 11.7. The Morgan fingerprint density at radius 2 is 2.05 bits per heavy atom. The van der Waals surface area contributed by atoms with E-state index in [1.807, 2.05) is 13.8 Å². The molecule has 2 atom stereocenters. The van der Waals surface area contributed by atoms with Crippen molar-refractivity contribution in [2.24, 2.45) is 11.7 Å². The highest BCUT2D eigenvalue weighted by Gasteiger charge is 2.20. The van der Waals surface area contributed by atoms with Crippen LogP contribution < -0.4 is 17.0 Å². The van der Waals surface area contributed by atoms with E-state index in [9.17, 15) is 9.59 Å². The molecule has 0 fully saturated rings. The van der Waals surface area contributed by atoms with Crippen LogP contribution in [0.4, 0.5) is 0 Å². The molecule has 0 saturated carbocycles. The van der Waals surface area contributed by atoms with Crippen molar-refractivity contribution in [3.8, 4) is 0 Å². The number of hydrogen-bond acceptors (Lipinski definition) is 7. The van der Waals surface area contributed by atoms with Gasteiger partial charge in [0, 0.05) is 17.0 Å². The molecule has 1 unspecified atom stereocenters. The number of aryl methyl sites for hydroxylation is 1. The minimum atomic E-state index is -0.518. The van der Waals surface area contributed by atoms with Crippen molar-refractivity contribution in [3.63, 3.8) is 0 Å².